The summed E-state index contributed by atoms with van der Waals surface area (Å²) in [5, 5.41) is 42.0. The molecule has 1 aliphatic heterocycles. The third kappa shape index (κ3) is 13.2. The number of nitrogens with one attached hydrogen (secondary N) is 3. The highest BCUT2D eigenvalue weighted by atomic mass is 19.1. The van der Waals surface area contributed by atoms with Crippen LogP contribution in [0, 0.1) is 48.5 Å². The van der Waals surface area contributed by atoms with Crippen LogP contribution >= 0.6 is 0 Å². The number of ether oxygens (including phenoxy) is 3. The predicted molar refractivity (Wildman–Crippen MR) is 278 cm³/mol. The van der Waals surface area contributed by atoms with Crippen LogP contribution in [0.1, 0.15) is 39.9 Å². The molecule has 21 nitrogen and oxygen atoms in total. The van der Waals surface area contributed by atoms with Crippen LogP contribution in [0.3, 0.4) is 0 Å². The Kier molecular flexibility index (Phi) is 18.3. The van der Waals surface area contributed by atoms with E-state index < -0.39 is 25.0 Å². The van der Waals surface area contributed by atoms with Gasteiger partial charge in [-0.2, -0.15) is 5.10 Å². The molecular weight excluding hydrogens is 954 g/mol. The fourth-order valence-electron chi connectivity index (χ4n) is 8.45. The summed E-state index contributed by atoms with van der Waals surface area (Å²) < 4.78 is 41.6. The number of hydrogen-bond donors (Lipinski definition) is 5. The van der Waals surface area contributed by atoms with Gasteiger partial charge in [0, 0.05) is 69.1 Å². The number of alkyl halides is 1. The lowest BCUT2D eigenvalue weighted by Gasteiger charge is -2.35. The summed E-state index contributed by atoms with van der Waals surface area (Å²) in [7, 11) is 5.46. The number of amides is 1. The fraction of sp³-hybridized carbons (Fsp3) is 0.423. The summed E-state index contributed by atoms with van der Waals surface area (Å²) >= 11 is 0. The Balaban J connectivity index is 0.000000217. The fourth-order valence-corrected chi connectivity index (χ4v) is 8.45. The molecule has 1 saturated heterocycles. The van der Waals surface area contributed by atoms with Crippen molar-refractivity contribution >= 4 is 23.4 Å². The Bertz CT molecular complexity index is 2970. The van der Waals surface area contributed by atoms with Gasteiger partial charge in [-0.05, 0) is 86.8 Å². The Labute approximate surface area is 429 Å². The number of carbonyl (C=O) groups excluding carboxylic acids is 1. The number of halogens is 1. The first kappa shape index (κ1) is 54.2. The number of hydrogen-bond acceptors (Lipinski definition) is 19. The first-order valence-electron chi connectivity index (χ1n) is 24.3. The second kappa shape index (κ2) is 24.9. The standard InChI is InChI=1S/C27H35FN6O5.C25H31N7O3/c1-17-24(23-18(2)32-39-19(23)3)30-25(20-6-5-7-22(14-20)38-16-21(35)15-29-4)31-26(17)33-9-11-34(12-10-33)27(36)37-13-8-28;1-14-23(17(4)35-31-14)21-11-22(28-24-15(2)30-32(6)16(24)3)29-25(27-21)18-8-7-9-20(10-18)34-13-19(33)12-26-5/h5-7,14,21,29,35H,8-13,15-16H2,1-4H3;7-11,19,26,33H,12-13H2,1-6H3,(H,27,28,29). The zero-order valence-corrected chi connectivity index (χ0v) is 43.6. The van der Waals surface area contributed by atoms with E-state index in [1.807, 2.05) is 115 Å². The zero-order valence-electron chi connectivity index (χ0n) is 43.6. The molecule has 2 atom stereocenters. The molecule has 1 amide bonds. The van der Waals surface area contributed by atoms with Crippen LogP contribution in [0.25, 0.3) is 45.3 Å². The van der Waals surface area contributed by atoms with E-state index in [1.165, 1.54) is 0 Å². The maximum absolute atomic E-state index is 12.4. The van der Waals surface area contributed by atoms with E-state index in [0.717, 1.165) is 62.1 Å². The average molecular weight is 1020 g/mol. The normalized spacial score (nSPS) is 13.3. The monoisotopic (exact) mass is 1020 g/mol. The van der Waals surface area contributed by atoms with Crippen LogP contribution in [-0.4, -0.2) is 153 Å². The first-order chi connectivity index (χ1) is 35.6. The highest BCUT2D eigenvalue weighted by molar-refractivity contribution is 5.76. The highest BCUT2D eigenvalue weighted by Crippen LogP contribution is 2.36. The van der Waals surface area contributed by atoms with Gasteiger partial charge in [-0.3, -0.25) is 4.68 Å². The van der Waals surface area contributed by atoms with Crippen LogP contribution in [0.4, 0.5) is 26.5 Å². The number of nitrogens with zero attached hydrogens (tertiary/aromatic N) is 10. The minimum absolute atomic E-state index is 0.146. The minimum Gasteiger partial charge on any atom is -0.491 e. The molecule has 394 valence electrons. The summed E-state index contributed by atoms with van der Waals surface area (Å²) in [6.07, 6.45) is -1.76. The lowest BCUT2D eigenvalue weighted by Crippen LogP contribution is -2.49. The molecule has 5 aromatic heterocycles. The third-order valence-corrected chi connectivity index (χ3v) is 12.3. The predicted octanol–water partition coefficient (Wildman–Crippen LogP) is 6.38. The Morgan fingerprint density at radius 1 is 0.743 bits per heavy atom. The van der Waals surface area contributed by atoms with E-state index in [2.05, 4.69) is 36.3 Å². The number of aliphatic hydroxyl groups excluding tert-OH is 2. The Morgan fingerprint density at radius 3 is 1.82 bits per heavy atom. The van der Waals surface area contributed by atoms with Crippen LogP contribution < -0.4 is 30.3 Å². The summed E-state index contributed by atoms with van der Waals surface area (Å²) in [4.78, 5) is 35.4. The quantitative estimate of drug-likeness (QED) is 0.0589. The molecule has 0 spiro atoms. The molecule has 5 N–H and O–H groups in total. The third-order valence-electron chi connectivity index (χ3n) is 12.3. The maximum atomic E-state index is 12.4. The second-order valence-corrected chi connectivity index (χ2v) is 17.9. The molecule has 22 heteroatoms. The van der Waals surface area contributed by atoms with Crippen LogP contribution in [0.5, 0.6) is 11.5 Å². The molecule has 74 heavy (non-hydrogen) atoms. The number of rotatable bonds is 19. The average Bonchev–Trinajstić information content (AvgIpc) is 4.00. The SMILES string of the molecule is CNCC(O)COc1cccc(-c2nc(-c3c(C)noc3C)c(C)c(N3CCN(C(=O)OCCF)CC3)n2)c1.CNCC(O)COc1cccc(-c2nc(Nc3c(C)nn(C)c3C)cc(-c3c(C)noc3C)n2)c1. The number of piperazine rings is 1. The van der Waals surface area contributed by atoms with Crippen LogP contribution in [-0.2, 0) is 11.8 Å². The van der Waals surface area contributed by atoms with Crippen molar-refractivity contribution in [1.82, 2.24) is 55.6 Å². The Hall–Kier alpha value is -7.53. The number of aromatic nitrogens is 8. The first-order valence-corrected chi connectivity index (χ1v) is 24.3. The molecule has 2 unspecified atom stereocenters. The summed E-state index contributed by atoms with van der Waals surface area (Å²) in [6, 6.07) is 16.8. The Morgan fingerprint density at radius 2 is 1.31 bits per heavy atom. The van der Waals surface area contributed by atoms with Crippen molar-refractivity contribution < 1.29 is 42.7 Å². The van der Waals surface area contributed by atoms with Crippen molar-refractivity contribution in [2.24, 2.45) is 7.05 Å². The number of aryl methyl sites for hydroxylation is 6. The highest BCUT2D eigenvalue weighted by Gasteiger charge is 2.28. The molecule has 8 rings (SSSR count). The van der Waals surface area contributed by atoms with E-state index in [-0.39, 0.29) is 19.8 Å². The molecule has 1 fully saturated rings. The molecule has 1 aliphatic rings. The number of likely N-dealkylation sites (N-methyl/N-ethyl adjacent to an activating group) is 2. The minimum atomic E-state index is -0.706. The lowest BCUT2D eigenvalue weighted by molar-refractivity contribution is 0.0943. The molecule has 0 bridgehead atoms. The number of carbonyl (C=O) groups is 1. The van der Waals surface area contributed by atoms with Crippen LogP contribution in [0.2, 0.25) is 0 Å². The zero-order chi connectivity index (χ0) is 53.1. The van der Waals surface area contributed by atoms with Gasteiger partial charge in [0.15, 0.2) is 11.6 Å². The summed E-state index contributed by atoms with van der Waals surface area (Å²) in [5.74, 6) is 4.93. The van der Waals surface area contributed by atoms with Gasteiger partial charge in [-0.1, -0.05) is 34.6 Å². The van der Waals surface area contributed by atoms with Crippen molar-refractivity contribution in [3.05, 3.63) is 94.5 Å². The van der Waals surface area contributed by atoms with Crippen LogP contribution in [0.15, 0.2) is 63.6 Å². The smallest absolute Gasteiger partial charge is 0.409 e. The van der Waals surface area contributed by atoms with E-state index in [4.69, 9.17) is 43.2 Å². The van der Waals surface area contributed by atoms with E-state index in [0.29, 0.717) is 91.1 Å². The molecule has 2 aromatic carbocycles. The van der Waals surface area contributed by atoms with E-state index >= 15 is 0 Å². The molecule has 7 aromatic rings. The number of anilines is 3. The lowest BCUT2D eigenvalue weighted by atomic mass is 10.0. The second-order valence-electron chi connectivity index (χ2n) is 17.9. The molecule has 0 radical (unpaired) electrons. The molecule has 6 heterocycles. The van der Waals surface area contributed by atoms with Gasteiger partial charge in [0.05, 0.1) is 51.0 Å². The topological polar surface area (TPSA) is 249 Å². The van der Waals surface area contributed by atoms with Crippen molar-refractivity contribution in [3.8, 4) is 56.8 Å². The van der Waals surface area contributed by atoms with Crippen molar-refractivity contribution in [3.63, 3.8) is 0 Å². The summed E-state index contributed by atoms with van der Waals surface area (Å²) in [5.41, 5.74) is 9.70. The molecular formula is C52H66FN13O8. The molecule has 0 aliphatic carbocycles. The molecule has 0 saturated carbocycles. The van der Waals surface area contributed by atoms with Gasteiger partial charge in [-0.15, -0.1) is 0 Å². The number of benzene rings is 2. The van der Waals surface area contributed by atoms with Gasteiger partial charge < -0.3 is 59.2 Å². The van der Waals surface area contributed by atoms with E-state index in [9.17, 15) is 19.4 Å². The van der Waals surface area contributed by atoms with Crippen molar-refractivity contribution in [2.75, 3.05) is 90.1 Å². The summed E-state index contributed by atoms with van der Waals surface area (Å²) in [6.45, 7) is 15.5. The van der Waals surface area contributed by atoms with E-state index in [1.54, 1.807) is 19.0 Å². The van der Waals surface area contributed by atoms with Gasteiger partial charge in [0.25, 0.3) is 0 Å². The maximum Gasteiger partial charge on any atom is 0.409 e. The van der Waals surface area contributed by atoms with Gasteiger partial charge in [0.2, 0.25) is 0 Å². The van der Waals surface area contributed by atoms with Gasteiger partial charge in [-0.25, -0.2) is 29.1 Å². The van der Waals surface area contributed by atoms with Crippen molar-refractivity contribution in [1.29, 1.82) is 0 Å². The van der Waals surface area contributed by atoms with Gasteiger partial charge in [0.1, 0.15) is 73.4 Å². The van der Waals surface area contributed by atoms with Crippen molar-refractivity contribution in [2.45, 2.75) is 60.7 Å². The number of aliphatic hydroxyl groups is 2. The van der Waals surface area contributed by atoms with Gasteiger partial charge >= 0.3 is 6.09 Å². The largest absolute Gasteiger partial charge is 0.491 e.